The number of carbonyl (C=O) groups excluding carboxylic acids is 1. The number of ether oxygens (including phenoxy) is 1. The first-order valence-corrected chi connectivity index (χ1v) is 13.6. The predicted octanol–water partition coefficient (Wildman–Crippen LogP) is 3.91. The minimum Gasteiger partial charge on any atom is -0.418 e. The second-order valence-corrected chi connectivity index (χ2v) is 11.6. The van der Waals surface area contributed by atoms with E-state index in [1.165, 1.54) is 11.1 Å². The van der Waals surface area contributed by atoms with Gasteiger partial charge in [-0.3, -0.25) is 14.4 Å². The van der Waals surface area contributed by atoms with Crippen LogP contribution in [0.25, 0.3) is 11.3 Å². The third kappa shape index (κ3) is 5.52. The fourth-order valence-electron chi connectivity index (χ4n) is 5.20. The van der Waals surface area contributed by atoms with Gasteiger partial charge in [0.2, 0.25) is 17.6 Å². The summed E-state index contributed by atoms with van der Waals surface area (Å²) in [6.07, 6.45) is 6.54. The number of rotatable bonds is 7. The molecule has 0 bridgehead atoms. The van der Waals surface area contributed by atoms with Gasteiger partial charge in [-0.15, -0.1) is 10.2 Å². The lowest BCUT2D eigenvalue weighted by Crippen LogP contribution is -2.50. The summed E-state index contributed by atoms with van der Waals surface area (Å²) in [4.78, 5) is 24.9. The Morgan fingerprint density at radius 1 is 1.18 bits per heavy atom. The molecule has 0 radical (unpaired) electrons. The van der Waals surface area contributed by atoms with E-state index in [0.717, 1.165) is 49.7 Å². The first-order chi connectivity index (χ1) is 19.2. The number of benzene rings is 1. The molecule has 11 nitrogen and oxygen atoms in total. The molecule has 6 rings (SSSR count). The van der Waals surface area contributed by atoms with Gasteiger partial charge in [-0.1, -0.05) is 32.9 Å². The molecule has 2 aliphatic rings. The Kier molecular flexibility index (Phi) is 6.93. The van der Waals surface area contributed by atoms with E-state index in [2.05, 4.69) is 48.7 Å². The van der Waals surface area contributed by atoms with Crippen molar-refractivity contribution in [3.8, 4) is 11.3 Å². The molecule has 5 heterocycles. The number of aryl methyl sites for hydroxylation is 1. The number of ketones is 1. The molecule has 1 fully saturated rings. The van der Waals surface area contributed by atoms with Crippen molar-refractivity contribution in [2.75, 3.05) is 31.6 Å². The number of hydrogen-bond acceptors (Lipinski definition) is 10. The van der Waals surface area contributed by atoms with Crippen molar-refractivity contribution < 1.29 is 13.9 Å². The number of hydrogen-bond donors (Lipinski definition) is 1. The summed E-state index contributed by atoms with van der Waals surface area (Å²) in [6.45, 7) is 9.11. The van der Waals surface area contributed by atoms with Crippen LogP contribution in [0.2, 0.25) is 0 Å². The average molecular weight is 543 g/mol. The van der Waals surface area contributed by atoms with Gasteiger partial charge in [0.1, 0.15) is 0 Å². The van der Waals surface area contributed by atoms with Crippen LogP contribution in [0, 0.1) is 0 Å². The molecule has 2 aliphatic heterocycles. The molecule has 0 amide bonds. The Morgan fingerprint density at radius 3 is 2.73 bits per heavy atom. The Hall–Kier alpha value is -3.96. The Morgan fingerprint density at radius 2 is 2.02 bits per heavy atom. The molecule has 3 aromatic heterocycles. The normalized spacial score (nSPS) is 18.1. The van der Waals surface area contributed by atoms with Gasteiger partial charge in [-0.25, -0.2) is 9.97 Å². The molecule has 11 heteroatoms. The number of nitrogens with zero attached hydrogens (tertiary/aromatic N) is 7. The lowest BCUT2D eigenvalue weighted by Gasteiger charge is -2.37. The molecule has 1 atom stereocenters. The largest absolute Gasteiger partial charge is 0.418 e. The first kappa shape index (κ1) is 26.3. The molecule has 1 aromatic carbocycles. The van der Waals surface area contributed by atoms with Crippen LogP contribution in [0.1, 0.15) is 60.8 Å². The van der Waals surface area contributed by atoms with Gasteiger partial charge in [-0.05, 0) is 29.7 Å². The minimum absolute atomic E-state index is 0.00200. The molecule has 1 saturated heterocycles. The molecular weight excluding hydrogens is 508 g/mol. The van der Waals surface area contributed by atoms with Crippen LogP contribution in [0.4, 0.5) is 11.6 Å². The molecule has 1 N–H and O–H groups in total. The zero-order valence-corrected chi connectivity index (χ0v) is 23.3. The van der Waals surface area contributed by atoms with Crippen molar-refractivity contribution in [3.63, 3.8) is 0 Å². The maximum atomic E-state index is 13.3. The van der Waals surface area contributed by atoms with E-state index in [-0.39, 0.29) is 23.0 Å². The van der Waals surface area contributed by atoms with Gasteiger partial charge in [0.05, 0.1) is 36.8 Å². The second-order valence-electron chi connectivity index (χ2n) is 11.6. The van der Waals surface area contributed by atoms with Crippen LogP contribution in [0.15, 0.2) is 47.3 Å². The Bertz CT molecular complexity index is 1520. The van der Waals surface area contributed by atoms with Crippen LogP contribution in [-0.4, -0.2) is 73.0 Å². The van der Waals surface area contributed by atoms with Crippen LogP contribution in [-0.2, 0) is 23.6 Å². The second kappa shape index (κ2) is 10.5. The van der Waals surface area contributed by atoms with Crippen molar-refractivity contribution >= 4 is 17.4 Å². The van der Waals surface area contributed by atoms with Crippen molar-refractivity contribution in [2.24, 2.45) is 7.05 Å². The highest BCUT2D eigenvalue weighted by molar-refractivity contribution is 5.92. The lowest BCUT2D eigenvalue weighted by atomic mass is 9.88. The summed E-state index contributed by atoms with van der Waals surface area (Å²) in [6, 6.07) is 8.72. The van der Waals surface area contributed by atoms with E-state index >= 15 is 0 Å². The summed E-state index contributed by atoms with van der Waals surface area (Å²) in [7, 11) is 1.86. The van der Waals surface area contributed by atoms with Crippen LogP contribution in [0.5, 0.6) is 0 Å². The smallest absolute Gasteiger partial charge is 0.284 e. The summed E-state index contributed by atoms with van der Waals surface area (Å²) < 4.78 is 13.0. The van der Waals surface area contributed by atoms with E-state index < -0.39 is 0 Å². The van der Waals surface area contributed by atoms with Crippen molar-refractivity contribution in [1.29, 1.82) is 0 Å². The highest BCUT2D eigenvalue weighted by Gasteiger charge is 2.33. The van der Waals surface area contributed by atoms with Crippen molar-refractivity contribution in [1.82, 2.24) is 34.8 Å². The summed E-state index contributed by atoms with van der Waals surface area (Å²) >= 11 is 0. The Balaban J connectivity index is 1.27. The van der Waals surface area contributed by atoms with E-state index in [0.29, 0.717) is 24.3 Å². The van der Waals surface area contributed by atoms with Crippen LogP contribution < -0.4 is 5.32 Å². The highest BCUT2D eigenvalue weighted by Crippen LogP contribution is 2.34. The van der Waals surface area contributed by atoms with Crippen molar-refractivity contribution in [3.05, 3.63) is 65.8 Å². The van der Waals surface area contributed by atoms with Gasteiger partial charge in [0, 0.05) is 55.8 Å². The number of anilines is 2. The quantitative estimate of drug-likeness (QED) is 0.344. The van der Waals surface area contributed by atoms with E-state index in [4.69, 9.17) is 14.1 Å². The SMILES string of the molecule is Cn1cc(Nc2nccc(-c3ccc4c(c3)CCN(C3COC3)C[C@@H]4CC(=O)c3nnc(C(C)(C)C)o3)n2)cn1. The fraction of sp³-hybridized carbons (Fsp3) is 0.448. The molecule has 0 aliphatic carbocycles. The number of aromatic nitrogens is 6. The molecular formula is C29H34N8O3. The maximum Gasteiger partial charge on any atom is 0.284 e. The fourth-order valence-corrected chi connectivity index (χ4v) is 5.20. The van der Waals surface area contributed by atoms with Gasteiger partial charge in [-0.2, -0.15) is 5.10 Å². The summed E-state index contributed by atoms with van der Waals surface area (Å²) in [5.74, 6) is 0.932. The summed E-state index contributed by atoms with van der Waals surface area (Å²) in [5.41, 5.74) is 4.74. The Labute approximate surface area is 233 Å². The minimum atomic E-state index is -0.313. The highest BCUT2D eigenvalue weighted by atomic mass is 16.5. The monoisotopic (exact) mass is 542 g/mol. The number of Topliss-reactive ketones (excluding diaryl/α,β-unsaturated/α-hetero) is 1. The molecule has 0 saturated carbocycles. The average Bonchev–Trinajstić information content (AvgIpc) is 3.51. The van der Waals surface area contributed by atoms with E-state index in [9.17, 15) is 4.79 Å². The molecule has 0 spiro atoms. The third-order valence-electron chi connectivity index (χ3n) is 7.49. The van der Waals surface area contributed by atoms with Gasteiger partial charge in [0.25, 0.3) is 5.89 Å². The molecule has 208 valence electrons. The lowest BCUT2D eigenvalue weighted by molar-refractivity contribution is -0.0653. The maximum absolute atomic E-state index is 13.3. The summed E-state index contributed by atoms with van der Waals surface area (Å²) in [5, 5.41) is 15.6. The zero-order valence-electron chi connectivity index (χ0n) is 23.3. The number of nitrogens with one attached hydrogen (secondary N) is 1. The molecule has 0 unspecified atom stereocenters. The molecule has 4 aromatic rings. The van der Waals surface area contributed by atoms with Crippen LogP contribution in [0.3, 0.4) is 0 Å². The van der Waals surface area contributed by atoms with Gasteiger partial charge < -0.3 is 14.5 Å². The third-order valence-corrected chi connectivity index (χ3v) is 7.49. The van der Waals surface area contributed by atoms with Crippen LogP contribution >= 0.6 is 0 Å². The predicted molar refractivity (Wildman–Crippen MR) is 149 cm³/mol. The topological polar surface area (TPSA) is 124 Å². The van der Waals surface area contributed by atoms with Gasteiger partial charge >= 0.3 is 0 Å². The standard InChI is InChI=1S/C29H34N8O3/c1-29(2,3)27-35-34-26(40-27)25(38)12-20-14-37(22-16-39-17-22)10-8-18-11-19(5-6-23(18)20)24-7-9-30-28(33-24)32-21-13-31-36(4)15-21/h5-7,9,11,13,15,20,22H,8,10,12,14,16-17H2,1-4H3,(H,30,32,33)/t20-/m0/s1. The zero-order chi connectivity index (χ0) is 27.9. The van der Waals surface area contributed by atoms with Crippen molar-refractivity contribution in [2.45, 2.75) is 51.0 Å². The van der Waals surface area contributed by atoms with Gasteiger partial charge in [0.15, 0.2) is 0 Å². The van der Waals surface area contributed by atoms with E-state index in [1.54, 1.807) is 17.1 Å². The molecule has 40 heavy (non-hydrogen) atoms. The number of fused-ring (bicyclic) bond motifs is 1. The number of carbonyl (C=O) groups is 1. The van der Waals surface area contributed by atoms with E-state index in [1.807, 2.05) is 40.1 Å². The first-order valence-electron chi connectivity index (χ1n) is 13.6.